The minimum atomic E-state index is 0.441. The predicted octanol–water partition coefficient (Wildman–Crippen LogP) is 2.97. The van der Waals surface area contributed by atoms with Gasteiger partial charge < -0.3 is 14.8 Å². The van der Waals surface area contributed by atoms with Gasteiger partial charge in [-0.1, -0.05) is 0 Å². The van der Waals surface area contributed by atoms with Crippen molar-refractivity contribution in [2.24, 2.45) is 0 Å². The normalized spacial score (nSPS) is 19.2. The average Bonchev–Trinajstić information content (AvgIpc) is 3.22. The Kier molecular flexibility index (Phi) is 4.24. The van der Waals surface area contributed by atoms with Crippen molar-refractivity contribution in [3.8, 4) is 11.3 Å². The minimum absolute atomic E-state index is 0.441. The van der Waals surface area contributed by atoms with Crippen molar-refractivity contribution in [2.75, 3.05) is 19.4 Å². The summed E-state index contributed by atoms with van der Waals surface area (Å²) < 4.78 is 4.01. The molecule has 4 aromatic heterocycles. The monoisotopic (exact) mass is 390 g/mol. The van der Waals surface area contributed by atoms with E-state index in [1.165, 1.54) is 0 Å². The molecule has 4 aromatic rings. The van der Waals surface area contributed by atoms with Gasteiger partial charge in [0.1, 0.15) is 11.3 Å². The molecule has 1 aliphatic rings. The molecule has 0 bridgehead atoms. The molecule has 1 fully saturated rings. The molecular weight excluding hydrogens is 364 g/mol. The SMILES string of the molecule is CCn1c(C)nc2ccc(-c3ccn4nc(N[C@H]5C[C@@H](N(C)C)C5)ncc34)nc21. The zero-order valence-electron chi connectivity index (χ0n) is 17.3. The van der Waals surface area contributed by atoms with Gasteiger partial charge in [-0.2, -0.15) is 0 Å². The van der Waals surface area contributed by atoms with Crippen LogP contribution in [0.25, 0.3) is 27.9 Å². The molecule has 0 aromatic carbocycles. The maximum absolute atomic E-state index is 4.89. The zero-order valence-corrected chi connectivity index (χ0v) is 17.3. The van der Waals surface area contributed by atoms with Gasteiger partial charge in [0, 0.05) is 30.4 Å². The quantitative estimate of drug-likeness (QED) is 0.565. The Morgan fingerprint density at radius 3 is 2.76 bits per heavy atom. The topological polar surface area (TPSA) is 76.2 Å². The summed E-state index contributed by atoms with van der Waals surface area (Å²) in [5.41, 5.74) is 4.72. The number of rotatable bonds is 5. The molecule has 0 saturated heterocycles. The number of anilines is 1. The van der Waals surface area contributed by atoms with E-state index in [0.717, 1.165) is 53.1 Å². The third-order valence-electron chi connectivity index (χ3n) is 5.97. The standard InChI is InChI=1S/C21H26N8/c1-5-28-13(2)23-18-7-6-17(25-20(18)28)16-8-9-29-19(16)12-22-21(26-29)24-14-10-15(11-14)27(3)4/h6-9,12,14-15H,5,10-11H2,1-4H3,(H,24,26)/t14-,15+. The lowest BCUT2D eigenvalue weighted by Crippen LogP contribution is -2.47. The molecule has 0 unspecified atom stereocenters. The summed E-state index contributed by atoms with van der Waals surface area (Å²) in [7, 11) is 4.26. The van der Waals surface area contributed by atoms with Crippen LogP contribution >= 0.6 is 0 Å². The van der Waals surface area contributed by atoms with Gasteiger partial charge in [-0.05, 0) is 59.0 Å². The second-order valence-corrected chi connectivity index (χ2v) is 8.01. The van der Waals surface area contributed by atoms with Crippen LogP contribution in [0.3, 0.4) is 0 Å². The molecule has 0 radical (unpaired) electrons. The summed E-state index contributed by atoms with van der Waals surface area (Å²) in [6.45, 7) is 4.98. The molecule has 8 heteroatoms. The Bertz CT molecular complexity index is 1180. The van der Waals surface area contributed by atoms with Gasteiger partial charge in [-0.25, -0.2) is 19.5 Å². The molecule has 0 atom stereocenters. The molecule has 5 rings (SSSR count). The largest absolute Gasteiger partial charge is 0.350 e. The summed E-state index contributed by atoms with van der Waals surface area (Å²) in [5.74, 6) is 1.66. The van der Waals surface area contributed by atoms with Crippen LogP contribution in [0.5, 0.6) is 0 Å². The first-order chi connectivity index (χ1) is 14.0. The van der Waals surface area contributed by atoms with Gasteiger partial charge in [-0.15, -0.1) is 5.10 Å². The minimum Gasteiger partial charge on any atom is -0.350 e. The van der Waals surface area contributed by atoms with E-state index in [4.69, 9.17) is 4.98 Å². The Morgan fingerprint density at radius 1 is 1.17 bits per heavy atom. The summed E-state index contributed by atoms with van der Waals surface area (Å²) in [5, 5.41) is 8.10. The summed E-state index contributed by atoms with van der Waals surface area (Å²) in [4.78, 5) is 16.3. The average molecular weight is 390 g/mol. The maximum Gasteiger partial charge on any atom is 0.241 e. The summed E-state index contributed by atoms with van der Waals surface area (Å²) in [6, 6.07) is 7.19. The van der Waals surface area contributed by atoms with E-state index in [2.05, 4.69) is 50.9 Å². The van der Waals surface area contributed by atoms with E-state index in [-0.39, 0.29) is 0 Å². The Balaban J connectivity index is 1.44. The molecule has 150 valence electrons. The van der Waals surface area contributed by atoms with Crippen LogP contribution < -0.4 is 5.32 Å². The van der Waals surface area contributed by atoms with E-state index < -0.39 is 0 Å². The van der Waals surface area contributed by atoms with Crippen LogP contribution in [0.1, 0.15) is 25.6 Å². The fourth-order valence-electron chi connectivity index (χ4n) is 4.14. The number of nitrogens with zero attached hydrogens (tertiary/aromatic N) is 7. The van der Waals surface area contributed by atoms with Crippen molar-refractivity contribution < 1.29 is 0 Å². The van der Waals surface area contributed by atoms with Crippen molar-refractivity contribution >= 4 is 22.6 Å². The highest BCUT2D eigenvalue weighted by molar-refractivity contribution is 5.82. The van der Waals surface area contributed by atoms with Gasteiger partial charge in [-0.3, -0.25) is 0 Å². The van der Waals surface area contributed by atoms with E-state index in [1.54, 1.807) is 0 Å². The van der Waals surface area contributed by atoms with Gasteiger partial charge in [0.05, 0.1) is 17.4 Å². The van der Waals surface area contributed by atoms with E-state index in [1.807, 2.05) is 42.0 Å². The highest BCUT2D eigenvalue weighted by Crippen LogP contribution is 2.28. The van der Waals surface area contributed by atoms with Crippen LogP contribution in [0.2, 0.25) is 0 Å². The van der Waals surface area contributed by atoms with Crippen LogP contribution in [0.4, 0.5) is 5.95 Å². The van der Waals surface area contributed by atoms with E-state index in [9.17, 15) is 0 Å². The fraction of sp³-hybridized carbons (Fsp3) is 0.429. The molecule has 8 nitrogen and oxygen atoms in total. The maximum atomic E-state index is 4.89. The Morgan fingerprint density at radius 2 is 2.00 bits per heavy atom. The number of nitrogens with one attached hydrogen (secondary N) is 1. The van der Waals surface area contributed by atoms with Gasteiger partial charge in [0.15, 0.2) is 5.65 Å². The second kappa shape index (κ2) is 6.81. The van der Waals surface area contributed by atoms with Crippen molar-refractivity contribution in [2.45, 2.75) is 45.3 Å². The van der Waals surface area contributed by atoms with Crippen molar-refractivity contribution in [1.29, 1.82) is 0 Å². The molecule has 0 amide bonds. The van der Waals surface area contributed by atoms with Crippen molar-refractivity contribution in [1.82, 2.24) is 34.0 Å². The van der Waals surface area contributed by atoms with Gasteiger partial charge in [0.25, 0.3) is 0 Å². The number of aryl methyl sites for hydroxylation is 2. The first kappa shape index (κ1) is 18.1. The van der Waals surface area contributed by atoms with E-state index in [0.29, 0.717) is 18.0 Å². The van der Waals surface area contributed by atoms with Gasteiger partial charge >= 0.3 is 0 Å². The number of fused-ring (bicyclic) bond motifs is 2. The number of aromatic nitrogens is 6. The smallest absolute Gasteiger partial charge is 0.241 e. The number of imidazole rings is 1. The zero-order chi connectivity index (χ0) is 20.1. The highest BCUT2D eigenvalue weighted by atomic mass is 15.3. The lowest BCUT2D eigenvalue weighted by Gasteiger charge is -2.39. The number of hydrogen-bond acceptors (Lipinski definition) is 6. The van der Waals surface area contributed by atoms with Crippen LogP contribution in [-0.2, 0) is 6.54 Å². The lowest BCUT2D eigenvalue weighted by molar-refractivity contribution is 0.177. The molecule has 0 aliphatic heterocycles. The summed E-state index contributed by atoms with van der Waals surface area (Å²) >= 11 is 0. The molecule has 1 N–H and O–H groups in total. The van der Waals surface area contributed by atoms with Crippen molar-refractivity contribution in [3.63, 3.8) is 0 Å². The highest BCUT2D eigenvalue weighted by Gasteiger charge is 2.31. The molecule has 4 heterocycles. The molecule has 1 saturated carbocycles. The van der Waals surface area contributed by atoms with E-state index >= 15 is 0 Å². The summed E-state index contributed by atoms with van der Waals surface area (Å²) in [6.07, 6.45) is 6.09. The molecule has 0 spiro atoms. The van der Waals surface area contributed by atoms with Crippen molar-refractivity contribution in [3.05, 3.63) is 36.4 Å². The third-order valence-corrected chi connectivity index (χ3v) is 5.97. The first-order valence-corrected chi connectivity index (χ1v) is 10.1. The van der Waals surface area contributed by atoms with Crippen LogP contribution in [-0.4, -0.2) is 60.2 Å². The van der Waals surface area contributed by atoms with Crippen LogP contribution in [0, 0.1) is 6.92 Å². The molecule has 1 aliphatic carbocycles. The predicted molar refractivity (Wildman–Crippen MR) is 114 cm³/mol. The second-order valence-electron chi connectivity index (χ2n) is 8.01. The number of hydrogen-bond donors (Lipinski definition) is 1. The number of pyridine rings is 1. The fourth-order valence-corrected chi connectivity index (χ4v) is 4.14. The lowest BCUT2D eigenvalue weighted by atomic mass is 9.86. The van der Waals surface area contributed by atoms with Crippen LogP contribution in [0.15, 0.2) is 30.6 Å². The van der Waals surface area contributed by atoms with Gasteiger partial charge in [0.2, 0.25) is 5.95 Å². The first-order valence-electron chi connectivity index (χ1n) is 10.1. The Labute approximate surface area is 169 Å². The molecular formula is C21H26N8. The molecule has 29 heavy (non-hydrogen) atoms. The Hall–Kier alpha value is -3.00. The third kappa shape index (κ3) is 3.04.